The lowest BCUT2D eigenvalue weighted by atomic mass is 10.0. The first kappa shape index (κ1) is 12.6. The molecule has 1 aromatic heterocycles. The summed E-state index contributed by atoms with van der Waals surface area (Å²) in [6.07, 6.45) is 1.91. The molecular formula is C14H16ClNS. The summed E-state index contributed by atoms with van der Waals surface area (Å²) in [5.74, 6) is 0. The van der Waals surface area contributed by atoms with Gasteiger partial charge >= 0.3 is 0 Å². The van der Waals surface area contributed by atoms with Gasteiger partial charge in [-0.25, -0.2) is 0 Å². The molecule has 0 fully saturated rings. The highest BCUT2D eigenvalue weighted by atomic mass is 35.5. The minimum Gasteiger partial charge on any atom is -0.323 e. The smallest absolute Gasteiger partial charge is 0.0433 e. The summed E-state index contributed by atoms with van der Waals surface area (Å²) in [5.41, 5.74) is 8.87. The van der Waals surface area contributed by atoms with Gasteiger partial charge in [-0.05, 0) is 47.5 Å². The molecule has 0 spiro atoms. The average Bonchev–Trinajstić information content (AvgIpc) is 2.80. The van der Waals surface area contributed by atoms with Crippen LogP contribution in [0, 0.1) is 0 Å². The van der Waals surface area contributed by atoms with E-state index in [0.29, 0.717) is 0 Å². The van der Waals surface area contributed by atoms with E-state index < -0.39 is 0 Å². The van der Waals surface area contributed by atoms with Gasteiger partial charge in [0.15, 0.2) is 0 Å². The van der Waals surface area contributed by atoms with Gasteiger partial charge < -0.3 is 5.73 Å². The van der Waals surface area contributed by atoms with Crippen molar-refractivity contribution in [2.75, 3.05) is 0 Å². The molecule has 2 rings (SSSR count). The van der Waals surface area contributed by atoms with Gasteiger partial charge in [-0.2, -0.15) is 0 Å². The Kier molecular flexibility index (Phi) is 4.21. The lowest BCUT2D eigenvalue weighted by Gasteiger charge is -2.12. The number of hydrogen-bond acceptors (Lipinski definition) is 2. The van der Waals surface area contributed by atoms with Gasteiger partial charge in [0.2, 0.25) is 0 Å². The Morgan fingerprint density at radius 3 is 2.59 bits per heavy atom. The number of thiophene rings is 1. The number of aryl methyl sites for hydroxylation is 1. The Morgan fingerprint density at radius 2 is 1.94 bits per heavy atom. The third-order valence-electron chi connectivity index (χ3n) is 2.87. The van der Waals surface area contributed by atoms with Crippen LogP contribution in [0.25, 0.3) is 0 Å². The van der Waals surface area contributed by atoms with Crippen molar-refractivity contribution in [1.29, 1.82) is 0 Å². The molecule has 17 heavy (non-hydrogen) atoms. The minimum absolute atomic E-state index is 0.0890. The second-order valence-corrected chi connectivity index (χ2v) is 5.48. The van der Waals surface area contributed by atoms with Gasteiger partial charge in [0.1, 0.15) is 0 Å². The second-order valence-electron chi connectivity index (χ2n) is 4.10. The van der Waals surface area contributed by atoms with Crippen LogP contribution >= 0.6 is 22.9 Å². The molecule has 3 heteroatoms. The van der Waals surface area contributed by atoms with Crippen LogP contribution in [0.5, 0.6) is 0 Å². The predicted molar refractivity (Wildman–Crippen MR) is 75.8 cm³/mol. The van der Waals surface area contributed by atoms with Crippen LogP contribution in [0.1, 0.15) is 29.0 Å². The van der Waals surface area contributed by atoms with Crippen LogP contribution in [-0.2, 0) is 12.8 Å². The van der Waals surface area contributed by atoms with Crippen molar-refractivity contribution in [3.63, 3.8) is 0 Å². The monoisotopic (exact) mass is 265 g/mol. The Hall–Kier alpha value is -0.830. The van der Waals surface area contributed by atoms with Crippen molar-refractivity contribution in [2.45, 2.75) is 25.8 Å². The largest absolute Gasteiger partial charge is 0.323 e. The zero-order valence-electron chi connectivity index (χ0n) is 9.82. The fourth-order valence-electron chi connectivity index (χ4n) is 1.93. The number of benzene rings is 1. The summed E-state index contributed by atoms with van der Waals surface area (Å²) in [4.78, 5) is 1.31. The zero-order valence-corrected chi connectivity index (χ0v) is 11.4. The topological polar surface area (TPSA) is 26.0 Å². The van der Waals surface area contributed by atoms with Crippen molar-refractivity contribution < 1.29 is 0 Å². The zero-order chi connectivity index (χ0) is 12.3. The highest BCUT2D eigenvalue weighted by Gasteiger charge is 2.12. The van der Waals surface area contributed by atoms with E-state index in [1.54, 1.807) is 11.3 Å². The highest BCUT2D eigenvalue weighted by Crippen LogP contribution is 2.26. The van der Waals surface area contributed by atoms with E-state index in [9.17, 15) is 0 Å². The molecule has 2 N–H and O–H groups in total. The number of halogens is 1. The molecule has 1 aromatic carbocycles. The maximum atomic E-state index is 6.26. The van der Waals surface area contributed by atoms with Gasteiger partial charge in [0.25, 0.3) is 0 Å². The summed E-state index contributed by atoms with van der Waals surface area (Å²) in [6, 6.07) is 10.2. The Morgan fingerprint density at radius 1 is 1.24 bits per heavy atom. The standard InChI is InChI=1S/C14H16ClNS/c1-2-11-7-8-17-14(11)13(16)9-10-3-5-12(15)6-4-10/h3-8,13H,2,9,16H2,1H3. The van der Waals surface area contributed by atoms with Gasteiger partial charge in [-0.3, -0.25) is 0 Å². The number of nitrogens with two attached hydrogens (primary N) is 1. The maximum Gasteiger partial charge on any atom is 0.0433 e. The Bertz CT molecular complexity index is 475. The highest BCUT2D eigenvalue weighted by molar-refractivity contribution is 7.10. The SMILES string of the molecule is CCc1ccsc1C(N)Cc1ccc(Cl)cc1. The quantitative estimate of drug-likeness (QED) is 0.881. The van der Waals surface area contributed by atoms with Crippen LogP contribution in [-0.4, -0.2) is 0 Å². The summed E-state index contributed by atoms with van der Waals surface area (Å²) < 4.78 is 0. The first-order valence-corrected chi connectivity index (χ1v) is 7.02. The lowest BCUT2D eigenvalue weighted by Crippen LogP contribution is -2.13. The summed E-state index contributed by atoms with van der Waals surface area (Å²) >= 11 is 7.62. The molecule has 0 aliphatic rings. The van der Waals surface area contributed by atoms with Crippen LogP contribution < -0.4 is 5.73 Å². The molecule has 1 unspecified atom stereocenters. The van der Waals surface area contributed by atoms with E-state index in [-0.39, 0.29) is 6.04 Å². The van der Waals surface area contributed by atoms with Gasteiger partial charge in [-0.1, -0.05) is 30.7 Å². The van der Waals surface area contributed by atoms with Gasteiger partial charge in [0, 0.05) is 15.9 Å². The first-order valence-electron chi connectivity index (χ1n) is 5.77. The third kappa shape index (κ3) is 3.09. The van der Waals surface area contributed by atoms with E-state index in [4.69, 9.17) is 17.3 Å². The molecule has 1 nitrogen and oxygen atoms in total. The number of rotatable bonds is 4. The molecule has 0 radical (unpaired) electrons. The molecule has 0 amide bonds. The molecular weight excluding hydrogens is 250 g/mol. The molecule has 0 saturated carbocycles. The van der Waals surface area contributed by atoms with Crippen LogP contribution in [0.4, 0.5) is 0 Å². The summed E-state index contributed by atoms with van der Waals surface area (Å²) in [6.45, 7) is 2.17. The molecule has 1 atom stereocenters. The summed E-state index contributed by atoms with van der Waals surface area (Å²) in [7, 11) is 0. The fourth-order valence-corrected chi connectivity index (χ4v) is 3.06. The van der Waals surface area contributed by atoms with E-state index in [1.165, 1.54) is 16.0 Å². The Balaban J connectivity index is 2.11. The molecule has 0 bridgehead atoms. The van der Waals surface area contributed by atoms with E-state index in [0.717, 1.165) is 17.9 Å². The van der Waals surface area contributed by atoms with Gasteiger partial charge in [0.05, 0.1) is 0 Å². The molecule has 2 aromatic rings. The number of hydrogen-bond donors (Lipinski definition) is 1. The molecule has 0 aliphatic heterocycles. The van der Waals surface area contributed by atoms with Crippen LogP contribution in [0.3, 0.4) is 0 Å². The lowest BCUT2D eigenvalue weighted by molar-refractivity contribution is 0.728. The predicted octanol–water partition coefficient (Wildman–Crippen LogP) is 4.21. The van der Waals surface area contributed by atoms with Gasteiger partial charge in [-0.15, -0.1) is 11.3 Å². The maximum absolute atomic E-state index is 6.26. The third-order valence-corrected chi connectivity index (χ3v) is 4.21. The average molecular weight is 266 g/mol. The van der Waals surface area contributed by atoms with E-state index in [1.807, 2.05) is 24.3 Å². The van der Waals surface area contributed by atoms with E-state index in [2.05, 4.69) is 18.4 Å². The van der Waals surface area contributed by atoms with E-state index >= 15 is 0 Å². The van der Waals surface area contributed by atoms with Crippen molar-refractivity contribution in [3.8, 4) is 0 Å². The van der Waals surface area contributed by atoms with Crippen molar-refractivity contribution in [2.24, 2.45) is 5.73 Å². The second kappa shape index (κ2) is 5.67. The minimum atomic E-state index is 0.0890. The van der Waals surface area contributed by atoms with Crippen LogP contribution in [0.15, 0.2) is 35.7 Å². The fraction of sp³-hybridized carbons (Fsp3) is 0.286. The molecule has 1 heterocycles. The van der Waals surface area contributed by atoms with Crippen molar-refractivity contribution in [3.05, 3.63) is 56.7 Å². The summed E-state index contributed by atoms with van der Waals surface area (Å²) in [5, 5.41) is 2.89. The van der Waals surface area contributed by atoms with Crippen LogP contribution in [0.2, 0.25) is 5.02 Å². The van der Waals surface area contributed by atoms with Crippen molar-refractivity contribution >= 4 is 22.9 Å². The normalized spacial score (nSPS) is 12.6. The first-order chi connectivity index (χ1) is 8.20. The molecule has 0 aliphatic carbocycles. The molecule has 0 saturated heterocycles. The molecule has 90 valence electrons. The Labute approximate surface area is 111 Å². The van der Waals surface area contributed by atoms with Crippen molar-refractivity contribution in [1.82, 2.24) is 0 Å².